The van der Waals surface area contributed by atoms with Crippen LogP contribution in [0.2, 0.25) is 0 Å². The minimum Gasteiger partial charge on any atom is -0.372 e. The molecule has 0 unspecified atom stereocenters. The highest BCUT2D eigenvalue weighted by atomic mass is 19.1. The van der Waals surface area contributed by atoms with Crippen molar-refractivity contribution in [1.29, 1.82) is 5.26 Å². The van der Waals surface area contributed by atoms with Gasteiger partial charge in [0, 0.05) is 43.6 Å². The molecule has 23 heavy (non-hydrogen) atoms. The number of nitriles is 1. The second-order valence-corrected chi connectivity index (χ2v) is 5.83. The first kappa shape index (κ1) is 15.7. The van der Waals surface area contributed by atoms with Crippen molar-refractivity contribution in [2.75, 3.05) is 6.61 Å². The fourth-order valence-electron chi connectivity index (χ4n) is 3.02. The van der Waals surface area contributed by atoms with E-state index in [2.05, 4.69) is 10.4 Å². The molecule has 0 spiro atoms. The molecule has 3 rings (SSSR count). The SMILES string of the molecule is Cc1nn(C)cc1[C@H]1OCC[C@@H]1NCc1cc(C#N)ccc1F. The summed E-state index contributed by atoms with van der Waals surface area (Å²) in [7, 11) is 1.89. The van der Waals surface area contributed by atoms with Crippen molar-refractivity contribution < 1.29 is 9.13 Å². The second kappa shape index (κ2) is 6.49. The van der Waals surface area contributed by atoms with Gasteiger partial charge < -0.3 is 10.1 Å². The second-order valence-electron chi connectivity index (χ2n) is 5.83. The van der Waals surface area contributed by atoms with Crippen molar-refractivity contribution >= 4 is 0 Å². The molecule has 1 aromatic carbocycles. The van der Waals surface area contributed by atoms with Gasteiger partial charge in [0.05, 0.1) is 17.3 Å². The van der Waals surface area contributed by atoms with E-state index >= 15 is 0 Å². The molecule has 1 aliphatic rings. The topological polar surface area (TPSA) is 62.9 Å². The maximum absolute atomic E-state index is 13.9. The average Bonchev–Trinajstić information content (AvgIpc) is 3.12. The third-order valence-corrected chi connectivity index (χ3v) is 4.18. The van der Waals surface area contributed by atoms with Gasteiger partial charge in [-0.1, -0.05) is 0 Å². The Hall–Kier alpha value is -2.23. The highest BCUT2D eigenvalue weighted by molar-refractivity contribution is 5.33. The zero-order valence-electron chi connectivity index (χ0n) is 13.2. The van der Waals surface area contributed by atoms with Gasteiger partial charge in [-0.25, -0.2) is 4.39 Å². The maximum atomic E-state index is 13.9. The Morgan fingerprint density at radius 3 is 3.04 bits per heavy atom. The highest BCUT2D eigenvalue weighted by Crippen LogP contribution is 2.31. The van der Waals surface area contributed by atoms with E-state index in [9.17, 15) is 4.39 Å². The number of nitrogens with one attached hydrogen (secondary N) is 1. The van der Waals surface area contributed by atoms with Crippen molar-refractivity contribution in [2.24, 2.45) is 7.05 Å². The quantitative estimate of drug-likeness (QED) is 0.941. The van der Waals surface area contributed by atoms with E-state index in [0.717, 1.165) is 17.7 Å². The zero-order valence-corrected chi connectivity index (χ0v) is 13.2. The summed E-state index contributed by atoms with van der Waals surface area (Å²) < 4.78 is 21.5. The van der Waals surface area contributed by atoms with Gasteiger partial charge in [-0.3, -0.25) is 4.68 Å². The molecule has 0 aliphatic carbocycles. The van der Waals surface area contributed by atoms with E-state index in [0.29, 0.717) is 24.3 Å². The number of nitrogens with zero attached hydrogens (tertiary/aromatic N) is 3. The summed E-state index contributed by atoms with van der Waals surface area (Å²) in [6.07, 6.45) is 2.75. The number of aryl methyl sites for hydroxylation is 2. The van der Waals surface area contributed by atoms with Crippen LogP contribution >= 0.6 is 0 Å². The number of halogens is 1. The number of rotatable bonds is 4. The van der Waals surface area contributed by atoms with Crippen molar-refractivity contribution in [3.05, 3.63) is 52.6 Å². The third-order valence-electron chi connectivity index (χ3n) is 4.18. The fraction of sp³-hybridized carbons (Fsp3) is 0.412. The number of aromatic nitrogens is 2. The van der Waals surface area contributed by atoms with Crippen LogP contribution in [0.15, 0.2) is 24.4 Å². The molecule has 2 aromatic rings. The molecule has 1 N–H and O–H groups in total. The highest BCUT2D eigenvalue weighted by Gasteiger charge is 2.31. The number of hydrogen-bond donors (Lipinski definition) is 1. The van der Waals surface area contributed by atoms with Crippen LogP contribution in [0.25, 0.3) is 0 Å². The lowest BCUT2D eigenvalue weighted by Crippen LogP contribution is -2.31. The average molecular weight is 314 g/mol. The normalized spacial score (nSPS) is 20.6. The molecule has 5 nitrogen and oxygen atoms in total. The van der Waals surface area contributed by atoms with Crippen LogP contribution in [0.3, 0.4) is 0 Å². The van der Waals surface area contributed by atoms with Gasteiger partial charge in [-0.05, 0) is 31.5 Å². The first-order chi connectivity index (χ1) is 11.1. The van der Waals surface area contributed by atoms with Gasteiger partial charge in [0.1, 0.15) is 11.9 Å². The van der Waals surface area contributed by atoms with Gasteiger partial charge in [0.2, 0.25) is 0 Å². The summed E-state index contributed by atoms with van der Waals surface area (Å²) in [5.41, 5.74) is 2.97. The van der Waals surface area contributed by atoms with Crippen LogP contribution in [0, 0.1) is 24.1 Å². The summed E-state index contributed by atoms with van der Waals surface area (Å²) in [4.78, 5) is 0. The first-order valence-corrected chi connectivity index (χ1v) is 7.62. The Kier molecular flexibility index (Phi) is 4.42. The monoisotopic (exact) mass is 314 g/mol. The predicted molar refractivity (Wildman–Crippen MR) is 83.0 cm³/mol. The molecule has 120 valence electrons. The van der Waals surface area contributed by atoms with Gasteiger partial charge in [-0.2, -0.15) is 10.4 Å². The van der Waals surface area contributed by atoms with E-state index < -0.39 is 0 Å². The summed E-state index contributed by atoms with van der Waals surface area (Å²) in [5, 5.41) is 16.7. The summed E-state index contributed by atoms with van der Waals surface area (Å²) in [5.74, 6) is -0.301. The largest absolute Gasteiger partial charge is 0.372 e. The minimum atomic E-state index is -0.301. The van der Waals surface area contributed by atoms with Crippen molar-refractivity contribution in [1.82, 2.24) is 15.1 Å². The van der Waals surface area contributed by atoms with Crippen LogP contribution in [-0.4, -0.2) is 22.4 Å². The van der Waals surface area contributed by atoms with E-state index in [1.54, 1.807) is 10.7 Å². The smallest absolute Gasteiger partial charge is 0.127 e. The molecular weight excluding hydrogens is 295 g/mol. The van der Waals surface area contributed by atoms with E-state index in [-0.39, 0.29) is 18.0 Å². The molecule has 2 atom stereocenters. The summed E-state index contributed by atoms with van der Waals surface area (Å²) in [6, 6.07) is 6.55. The molecule has 0 saturated carbocycles. The van der Waals surface area contributed by atoms with Gasteiger partial charge in [0.25, 0.3) is 0 Å². The van der Waals surface area contributed by atoms with Gasteiger partial charge >= 0.3 is 0 Å². The first-order valence-electron chi connectivity index (χ1n) is 7.62. The fourth-order valence-corrected chi connectivity index (χ4v) is 3.02. The molecule has 0 radical (unpaired) electrons. The van der Waals surface area contributed by atoms with Gasteiger partial charge in [-0.15, -0.1) is 0 Å². The molecule has 0 amide bonds. The van der Waals surface area contributed by atoms with Crippen molar-refractivity contribution in [2.45, 2.75) is 32.0 Å². The maximum Gasteiger partial charge on any atom is 0.127 e. The van der Waals surface area contributed by atoms with Crippen LogP contribution in [0.4, 0.5) is 4.39 Å². The molecule has 1 aliphatic heterocycles. The summed E-state index contributed by atoms with van der Waals surface area (Å²) >= 11 is 0. The lowest BCUT2D eigenvalue weighted by molar-refractivity contribution is 0.0979. The Morgan fingerprint density at radius 2 is 2.35 bits per heavy atom. The van der Waals surface area contributed by atoms with E-state index in [4.69, 9.17) is 10.00 Å². The Morgan fingerprint density at radius 1 is 1.52 bits per heavy atom. The van der Waals surface area contributed by atoms with E-state index in [1.165, 1.54) is 12.1 Å². The number of ether oxygens (including phenoxy) is 1. The third kappa shape index (κ3) is 3.26. The molecular formula is C17H19FN4O. The molecule has 6 heteroatoms. The Labute approximate surface area is 134 Å². The molecule has 1 saturated heterocycles. The van der Waals surface area contributed by atoms with Crippen LogP contribution in [-0.2, 0) is 18.3 Å². The predicted octanol–water partition coefficient (Wildman–Crippen LogP) is 2.36. The zero-order chi connectivity index (χ0) is 16.4. The van der Waals surface area contributed by atoms with Crippen molar-refractivity contribution in [3.63, 3.8) is 0 Å². The van der Waals surface area contributed by atoms with Gasteiger partial charge in [0.15, 0.2) is 0 Å². The molecule has 1 aromatic heterocycles. The minimum absolute atomic E-state index is 0.0779. The Bertz CT molecular complexity index is 750. The number of hydrogen-bond acceptors (Lipinski definition) is 4. The Balaban J connectivity index is 1.73. The standard InChI is InChI=1S/C17H19FN4O/c1-11-14(10-22(2)21-11)17-16(5-6-23-17)20-9-13-7-12(8-19)3-4-15(13)18/h3-4,7,10,16-17,20H,5-6,9H2,1-2H3/t16-,17+/m0/s1. The van der Waals surface area contributed by atoms with Crippen LogP contribution < -0.4 is 5.32 Å². The molecule has 1 fully saturated rings. The van der Waals surface area contributed by atoms with Crippen LogP contribution in [0.1, 0.15) is 34.9 Å². The van der Waals surface area contributed by atoms with Crippen LogP contribution in [0.5, 0.6) is 0 Å². The summed E-state index contributed by atoms with van der Waals surface area (Å²) in [6.45, 7) is 2.99. The van der Waals surface area contributed by atoms with E-state index in [1.807, 2.05) is 26.2 Å². The lowest BCUT2D eigenvalue weighted by Gasteiger charge is -2.20. The number of benzene rings is 1. The van der Waals surface area contributed by atoms with Crippen molar-refractivity contribution in [3.8, 4) is 6.07 Å². The molecule has 0 bridgehead atoms. The molecule has 2 heterocycles. The lowest BCUT2D eigenvalue weighted by atomic mass is 10.0.